The number of anilines is 2. The number of allylic oxidation sites excluding steroid dienone is 2. The van der Waals surface area contributed by atoms with Crippen LogP contribution < -0.4 is 4.90 Å². The van der Waals surface area contributed by atoms with E-state index in [1.54, 1.807) is 0 Å². The van der Waals surface area contributed by atoms with Gasteiger partial charge in [-0.1, -0.05) is 291 Å². The fraction of sp³-hybridized carbons (Fsp3) is 0.0155. The minimum atomic E-state index is 0.171. The minimum Gasteiger partial charge on any atom is -0.333 e. The normalized spacial score (nSPS) is 13.6. The van der Waals surface area contributed by atoms with Crippen molar-refractivity contribution in [3.05, 3.63) is 497 Å². The highest BCUT2D eigenvalue weighted by atomic mass is 15.2. The second kappa shape index (κ2) is 31.7. The van der Waals surface area contributed by atoms with Crippen LogP contribution in [0.15, 0.2) is 491 Å². The Bertz CT molecular complexity index is 9330. The summed E-state index contributed by atoms with van der Waals surface area (Å²) in [6, 6.07) is 172. The Morgan fingerprint density at radius 1 is 0.159 bits per heavy atom. The van der Waals surface area contributed by atoms with Crippen LogP contribution in [0.3, 0.4) is 0 Å². The Labute approximate surface area is 795 Å². The summed E-state index contributed by atoms with van der Waals surface area (Å²) < 4.78 is 12.0. The van der Waals surface area contributed by atoms with Crippen molar-refractivity contribution in [3.63, 3.8) is 0 Å². The molecular weight excluding hydrogens is 1680 g/mol. The van der Waals surface area contributed by atoms with E-state index >= 15 is 0 Å². The number of benzene rings is 20. The zero-order valence-electron chi connectivity index (χ0n) is 74.9. The highest BCUT2D eigenvalue weighted by Crippen LogP contribution is 2.51. The van der Waals surface area contributed by atoms with Gasteiger partial charge in [0, 0.05) is 116 Å². The molecule has 0 fully saturated rings. The van der Waals surface area contributed by atoms with E-state index in [2.05, 4.69) is 519 Å². The Hall–Kier alpha value is -18.3. The van der Waals surface area contributed by atoms with E-state index in [4.69, 9.17) is 15.0 Å². The molecule has 0 radical (unpaired) electrons. The summed E-state index contributed by atoms with van der Waals surface area (Å²) in [4.78, 5) is 19.5. The van der Waals surface area contributed by atoms with Crippen molar-refractivity contribution in [1.82, 2.24) is 37.8 Å². The maximum absolute atomic E-state index is 5.69. The third kappa shape index (κ3) is 12.8. The first-order valence-corrected chi connectivity index (χ1v) is 47.4. The molecular formula is C129H83N9. The largest absolute Gasteiger partial charge is 0.333 e. The number of aromatic nitrogens is 8. The molecule has 0 spiro atoms. The molecule has 0 saturated carbocycles. The molecule has 1 aliphatic heterocycles. The zero-order valence-corrected chi connectivity index (χ0v) is 74.9. The van der Waals surface area contributed by atoms with Crippen LogP contribution in [0.2, 0.25) is 0 Å². The summed E-state index contributed by atoms with van der Waals surface area (Å²) in [5.74, 6) is 1.84. The summed E-state index contributed by atoms with van der Waals surface area (Å²) in [5, 5.41) is 11.8. The van der Waals surface area contributed by atoms with Gasteiger partial charge in [-0.3, -0.25) is 0 Å². The summed E-state index contributed by atoms with van der Waals surface area (Å²) in [6.07, 6.45) is 9.14. The molecule has 2 unspecified atom stereocenters. The molecule has 2 aliphatic rings. The molecule has 7 heterocycles. The number of nitrogens with zero attached hydrogens (tertiary/aromatic N) is 9. The van der Waals surface area contributed by atoms with Gasteiger partial charge in [-0.15, -0.1) is 0 Å². The first kappa shape index (κ1) is 78.4. The van der Waals surface area contributed by atoms with Crippen LogP contribution in [0.5, 0.6) is 0 Å². The van der Waals surface area contributed by atoms with E-state index < -0.39 is 0 Å². The first-order chi connectivity index (χ1) is 68.4. The first-order valence-electron chi connectivity index (χ1n) is 47.4. The Morgan fingerprint density at radius 2 is 0.406 bits per heavy atom. The lowest BCUT2D eigenvalue weighted by atomic mass is 9.89. The molecule has 20 aromatic carbocycles. The van der Waals surface area contributed by atoms with Gasteiger partial charge < -0.3 is 27.7 Å². The predicted molar refractivity (Wildman–Crippen MR) is 574 cm³/mol. The van der Waals surface area contributed by atoms with Gasteiger partial charge in [-0.2, -0.15) is 0 Å². The monoisotopic (exact) mass is 1760 g/mol. The quantitative estimate of drug-likeness (QED) is 0.103. The van der Waals surface area contributed by atoms with Crippen molar-refractivity contribution >= 4 is 120 Å². The minimum absolute atomic E-state index is 0.171. The molecule has 26 aromatic rings. The Morgan fingerprint density at radius 3 is 0.783 bits per heavy atom. The Balaban J connectivity index is 0.609. The number of hydrogen-bond acceptors (Lipinski definition) is 4. The van der Waals surface area contributed by atoms with Gasteiger partial charge >= 0.3 is 0 Å². The van der Waals surface area contributed by atoms with Crippen molar-refractivity contribution in [3.8, 4) is 129 Å². The molecule has 0 N–H and O–H groups in total. The van der Waals surface area contributed by atoms with Gasteiger partial charge in [0.1, 0.15) is 0 Å². The van der Waals surface area contributed by atoms with Crippen LogP contribution in [-0.4, -0.2) is 43.8 Å². The van der Waals surface area contributed by atoms with Crippen molar-refractivity contribution in [2.75, 3.05) is 4.90 Å². The molecule has 2 atom stereocenters. The zero-order chi connectivity index (χ0) is 90.6. The van der Waals surface area contributed by atoms with Crippen LogP contribution in [0.25, 0.3) is 238 Å². The third-order valence-electron chi connectivity index (χ3n) is 28.8. The average molecular weight is 1760 g/mol. The summed E-state index contributed by atoms with van der Waals surface area (Å²) in [5.41, 5.74) is 36.5. The van der Waals surface area contributed by atoms with Gasteiger partial charge in [0.05, 0.1) is 61.2 Å². The summed E-state index contributed by atoms with van der Waals surface area (Å²) in [7, 11) is 0. The maximum atomic E-state index is 5.69. The molecule has 644 valence electrons. The smallest absolute Gasteiger partial charge is 0.164 e. The number of rotatable bonds is 15. The number of para-hydroxylation sites is 7. The second-order valence-electron chi connectivity index (χ2n) is 36.6. The van der Waals surface area contributed by atoms with Crippen molar-refractivity contribution in [2.24, 2.45) is 0 Å². The van der Waals surface area contributed by atoms with E-state index in [0.717, 1.165) is 161 Å². The van der Waals surface area contributed by atoms with Gasteiger partial charge in [-0.05, 0) is 273 Å². The fourth-order valence-corrected chi connectivity index (χ4v) is 22.4. The SMILES string of the molecule is C1=CC2c3cc(-c4ccc5c(c4)c4cc(-c6ccc7c(c6)c6ccccc6n7-c6ccccc6)ccc4n5-c4cccc(-c5nc(-c6cccc(-c7cccc(-c8ccccc8)c7)c6)nc(-c6cccc(-n7c8ccc(-c9ccc%10c(c9)c9ccccc9n%10-c9ccccc9)cc8c8cc(-c9ccc%10c(c9)c9ccccc9n%10-c9ccccc9)ccc87)c6)n5)c4)ccc3N(c3ccccc3)C2C=C1. The molecule has 1 aliphatic carbocycles. The lowest BCUT2D eigenvalue weighted by Gasteiger charge is -2.28. The van der Waals surface area contributed by atoms with Crippen molar-refractivity contribution < 1.29 is 0 Å². The summed E-state index contributed by atoms with van der Waals surface area (Å²) >= 11 is 0. The van der Waals surface area contributed by atoms with E-state index in [1.165, 1.54) is 76.9 Å². The van der Waals surface area contributed by atoms with Crippen molar-refractivity contribution in [1.29, 1.82) is 0 Å². The van der Waals surface area contributed by atoms with E-state index in [9.17, 15) is 0 Å². The van der Waals surface area contributed by atoms with Crippen LogP contribution in [-0.2, 0) is 0 Å². The Kier molecular flexibility index (Phi) is 18.0. The van der Waals surface area contributed by atoms with Crippen molar-refractivity contribution in [2.45, 2.75) is 12.0 Å². The van der Waals surface area contributed by atoms with E-state index in [-0.39, 0.29) is 12.0 Å². The number of hydrogen-bond donors (Lipinski definition) is 0. The van der Waals surface area contributed by atoms with Gasteiger partial charge in [0.25, 0.3) is 0 Å². The molecule has 9 heteroatoms. The second-order valence-corrected chi connectivity index (χ2v) is 36.6. The van der Waals surface area contributed by atoms with Crippen LogP contribution in [0.1, 0.15) is 11.5 Å². The molecule has 0 saturated heterocycles. The average Bonchev–Trinajstić information content (AvgIpc) is 1.60. The van der Waals surface area contributed by atoms with Gasteiger partial charge in [-0.25, -0.2) is 15.0 Å². The number of fused-ring (bicyclic) bond motifs is 18. The summed E-state index contributed by atoms with van der Waals surface area (Å²) in [6.45, 7) is 0. The molecule has 138 heavy (non-hydrogen) atoms. The van der Waals surface area contributed by atoms with Gasteiger partial charge in [0.2, 0.25) is 0 Å². The highest BCUT2D eigenvalue weighted by molar-refractivity contribution is 6.17. The maximum Gasteiger partial charge on any atom is 0.164 e. The predicted octanol–water partition coefficient (Wildman–Crippen LogP) is 33.1. The van der Waals surface area contributed by atoms with Crippen LogP contribution in [0, 0.1) is 0 Å². The standard InChI is InChI=1S/C129H83N9/c1-6-28-82(29-7-1)83-30-24-31-84(70-83)85-32-25-33-94(71-85)127-130-128(95-34-26-44-101(72-95)137-123-66-58-90(86-54-62-119-107(74-86)103-46-16-20-50-115(103)133(119)97-36-8-2-9-37-97)78-111(123)112-79-91(59-67-124(112)137)87-55-63-120-108(75-87)104-47-17-21-51-116(104)134(120)98-38-10-3-11-39-98)132-129(131-127)96-35-27-45-102(73-96)138-125-68-60-92(88-56-64-121-109(76-88)105-48-18-22-52-117(105)135(121)99-40-12-4-13-41-99)80-113(125)114-81-93(61-69-126(114)138)89-57-65-122-110(77-89)106-49-19-23-53-118(106)136(122)100-42-14-5-15-43-100/h1-81,103,115H. The highest BCUT2D eigenvalue weighted by Gasteiger charge is 2.38. The van der Waals surface area contributed by atoms with E-state index in [1.807, 2.05) is 0 Å². The molecule has 0 bridgehead atoms. The topological polar surface area (TPSA) is 66.6 Å². The lowest BCUT2D eigenvalue weighted by Crippen LogP contribution is -2.28. The molecule has 6 aromatic heterocycles. The van der Waals surface area contributed by atoms with Crippen LogP contribution in [0.4, 0.5) is 11.4 Å². The van der Waals surface area contributed by atoms with Crippen LogP contribution >= 0.6 is 0 Å². The van der Waals surface area contributed by atoms with Gasteiger partial charge in [0.15, 0.2) is 17.5 Å². The molecule has 0 amide bonds. The molecule has 28 rings (SSSR count). The molecule has 9 nitrogen and oxygen atoms in total. The lowest BCUT2D eigenvalue weighted by molar-refractivity contribution is 0.745. The third-order valence-corrected chi connectivity index (χ3v) is 28.8. The fourth-order valence-electron chi connectivity index (χ4n) is 22.4. The van der Waals surface area contributed by atoms with E-state index in [0.29, 0.717) is 17.5 Å².